The number of amides is 1. The average Bonchev–Trinajstić information content (AvgIpc) is 2.43. The number of nitrogens with zero attached hydrogens (tertiary/aromatic N) is 1. The summed E-state index contributed by atoms with van der Waals surface area (Å²) in [5.74, 6) is 0.126. The van der Waals surface area contributed by atoms with Crippen LogP contribution in [-0.2, 0) is 13.0 Å². The molecule has 1 unspecified atom stereocenters. The largest absolute Gasteiger partial charge is 0.337 e. The molecule has 2 N–H and O–H groups in total. The molecule has 0 spiro atoms. The first-order valence-corrected chi connectivity index (χ1v) is 5.21. The van der Waals surface area contributed by atoms with Crippen molar-refractivity contribution in [2.24, 2.45) is 5.73 Å². The topological polar surface area (TPSA) is 46.3 Å². The number of carbonyl (C=O) groups is 1. The van der Waals surface area contributed by atoms with E-state index >= 15 is 0 Å². The molecule has 0 saturated heterocycles. The van der Waals surface area contributed by atoms with Crippen molar-refractivity contribution in [3.8, 4) is 0 Å². The first-order chi connectivity index (χ1) is 7.09. The van der Waals surface area contributed by atoms with Crippen LogP contribution in [0.2, 0.25) is 0 Å². The van der Waals surface area contributed by atoms with Crippen molar-refractivity contribution < 1.29 is 4.79 Å². The fourth-order valence-electron chi connectivity index (χ4n) is 2.09. The summed E-state index contributed by atoms with van der Waals surface area (Å²) < 4.78 is 0. The van der Waals surface area contributed by atoms with Crippen LogP contribution < -0.4 is 5.73 Å². The molecule has 1 aliphatic heterocycles. The summed E-state index contributed by atoms with van der Waals surface area (Å²) >= 11 is 0. The summed E-state index contributed by atoms with van der Waals surface area (Å²) in [6.07, 6.45) is 0.767. The van der Waals surface area contributed by atoms with Gasteiger partial charge in [0.2, 0.25) is 0 Å². The Bertz CT molecular complexity index is 399. The lowest BCUT2D eigenvalue weighted by Gasteiger charge is -2.09. The minimum Gasteiger partial charge on any atom is -0.337 e. The number of hydrogen-bond donors (Lipinski definition) is 1. The van der Waals surface area contributed by atoms with Gasteiger partial charge in [-0.2, -0.15) is 0 Å². The Morgan fingerprint density at radius 2 is 2.27 bits per heavy atom. The lowest BCUT2D eigenvalue weighted by atomic mass is 9.98. The molecule has 3 nitrogen and oxygen atoms in total. The molecule has 80 valence electrons. The maximum atomic E-state index is 11.9. The Labute approximate surface area is 89.9 Å². The summed E-state index contributed by atoms with van der Waals surface area (Å²) in [4.78, 5) is 13.6. The molecule has 1 atom stereocenters. The molecule has 1 amide bonds. The van der Waals surface area contributed by atoms with Crippen LogP contribution >= 0.6 is 0 Å². The Morgan fingerprint density at radius 3 is 2.93 bits per heavy atom. The van der Waals surface area contributed by atoms with Gasteiger partial charge in [0.15, 0.2) is 0 Å². The van der Waals surface area contributed by atoms with E-state index in [0.29, 0.717) is 0 Å². The Hall–Kier alpha value is -1.35. The summed E-state index contributed by atoms with van der Waals surface area (Å²) in [6, 6.07) is 6.11. The van der Waals surface area contributed by atoms with E-state index in [1.54, 1.807) is 4.90 Å². The Kier molecular flexibility index (Phi) is 2.49. The predicted molar refractivity (Wildman–Crippen MR) is 59.6 cm³/mol. The number of rotatable bonds is 2. The highest BCUT2D eigenvalue weighted by Gasteiger charge is 2.26. The van der Waals surface area contributed by atoms with Gasteiger partial charge in [0.1, 0.15) is 0 Å². The van der Waals surface area contributed by atoms with E-state index in [4.69, 9.17) is 5.73 Å². The van der Waals surface area contributed by atoms with Crippen LogP contribution in [0.25, 0.3) is 0 Å². The number of benzene rings is 1. The molecule has 0 saturated carbocycles. The fraction of sp³-hybridized carbons (Fsp3) is 0.417. The molecule has 0 bridgehead atoms. The van der Waals surface area contributed by atoms with Gasteiger partial charge in [0.05, 0.1) is 0 Å². The maximum Gasteiger partial charge on any atom is 0.254 e. The van der Waals surface area contributed by atoms with Crippen LogP contribution in [0.5, 0.6) is 0 Å². The summed E-state index contributed by atoms with van der Waals surface area (Å²) in [6.45, 7) is 2.68. The van der Waals surface area contributed by atoms with E-state index in [0.717, 1.165) is 29.7 Å². The van der Waals surface area contributed by atoms with Crippen LogP contribution in [0.4, 0.5) is 0 Å². The minimum atomic E-state index is 0.0928. The molecule has 0 fully saturated rings. The van der Waals surface area contributed by atoms with E-state index in [1.807, 2.05) is 32.2 Å². The zero-order valence-corrected chi connectivity index (χ0v) is 9.16. The molecule has 1 aromatic rings. The standard InChI is InChI=1S/C12H16N2O/c1-8(13)6-9-4-3-5-10-7-14(2)12(15)11(9)10/h3-5,8H,6-7,13H2,1-2H3. The third-order valence-electron chi connectivity index (χ3n) is 2.75. The van der Waals surface area contributed by atoms with E-state index in [-0.39, 0.29) is 11.9 Å². The van der Waals surface area contributed by atoms with Crippen molar-refractivity contribution in [1.82, 2.24) is 4.90 Å². The Balaban J connectivity index is 2.43. The first kappa shape index (κ1) is 10.2. The molecule has 1 heterocycles. The van der Waals surface area contributed by atoms with Crippen LogP contribution in [0.3, 0.4) is 0 Å². The zero-order chi connectivity index (χ0) is 11.0. The van der Waals surface area contributed by atoms with Crippen LogP contribution in [0.15, 0.2) is 18.2 Å². The van der Waals surface area contributed by atoms with Gasteiger partial charge >= 0.3 is 0 Å². The second-order valence-corrected chi connectivity index (χ2v) is 4.29. The molecule has 2 rings (SSSR count). The third kappa shape index (κ3) is 1.75. The van der Waals surface area contributed by atoms with E-state index in [1.165, 1.54) is 0 Å². The second kappa shape index (κ2) is 3.66. The van der Waals surface area contributed by atoms with Gasteiger partial charge in [0, 0.05) is 25.2 Å². The van der Waals surface area contributed by atoms with Crippen LogP contribution in [-0.4, -0.2) is 23.9 Å². The molecule has 15 heavy (non-hydrogen) atoms. The molecule has 0 aromatic heterocycles. The molecular weight excluding hydrogens is 188 g/mol. The molecular formula is C12H16N2O. The SMILES string of the molecule is CC(N)Cc1cccc2c1C(=O)N(C)C2. The minimum absolute atomic E-state index is 0.0928. The zero-order valence-electron chi connectivity index (χ0n) is 9.16. The van der Waals surface area contributed by atoms with Crippen molar-refractivity contribution in [3.63, 3.8) is 0 Å². The molecule has 1 aliphatic rings. The number of nitrogens with two attached hydrogens (primary N) is 1. The highest BCUT2D eigenvalue weighted by atomic mass is 16.2. The quantitative estimate of drug-likeness (QED) is 0.785. The van der Waals surface area contributed by atoms with Gasteiger partial charge in [-0.05, 0) is 24.5 Å². The lowest BCUT2D eigenvalue weighted by molar-refractivity contribution is 0.0815. The number of carbonyl (C=O) groups excluding carboxylic acids is 1. The highest BCUT2D eigenvalue weighted by molar-refractivity contribution is 5.99. The van der Waals surface area contributed by atoms with Crippen molar-refractivity contribution in [3.05, 3.63) is 34.9 Å². The van der Waals surface area contributed by atoms with Gasteiger partial charge in [-0.3, -0.25) is 4.79 Å². The van der Waals surface area contributed by atoms with Gasteiger partial charge in [-0.1, -0.05) is 18.2 Å². The van der Waals surface area contributed by atoms with Crippen molar-refractivity contribution in [1.29, 1.82) is 0 Å². The van der Waals surface area contributed by atoms with Crippen molar-refractivity contribution in [2.45, 2.75) is 25.9 Å². The van der Waals surface area contributed by atoms with E-state index in [9.17, 15) is 4.79 Å². The fourth-order valence-corrected chi connectivity index (χ4v) is 2.09. The van der Waals surface area contributed by atoms with Crippen LogP contribution in [0.1, 0.15) is 28.4 Å². The molecule has 0 aliphatic carbocycles. The third-order valence-corrected chi connectivity index (χ3v) is 2.75. The molecule has 3 heteroatoms. The highest BCUT2D eigenvalue weighted by Crippen LogP contribution is 2.25. The Morgan fingerprint density at radius 1 is 1.53 bits per heavy atom. The van der Waals surface area contributed by atoms with E-state index in [2.05, 4.69) is 0 Å². The predicted octanol–water partition coefficient (Wildman–Crippen LogP) is 1.16. The van der Waals surface area contributed by atoms with E-state index < -0.39 is 0 Å². The van der Waals surface area contributed by atoms with Gasteiger partial charge in [-0.15, -0.1) is 0 Å². The first-order valence-electron chi connectivity index (χ1n) is 5.21. The number of hydrogen-bond acceptors (Lipinski definition) is 2. The van der Waals surface area contributed by atoms with Crippen molar-refractivity contribution >= 4 is 5.91 Å². The second-order valence-electron chi connectivity index (χ2n) is 4.29. The summed E-state index contributed by atoms with van der Waals surface area (Å²) in [5.41, 5.74) is 8.85. The van der Waals surface area contributed by atoms with Gasteiger partial charge in [-0.25, -0.2) is 0 Å². The monoisotopic (exact) mass is 204 g/mol. The lowest BCUT2D eigenvalue weighted by Crippen LogP contribution is -2.21. The average molecular weight is 204 g/mol. The van der Waals surface area contributed by atoms with Crippen molar-refractivity contribution in [2.75, 3.05) is 7.05 Å². The van der Waals surface area contributed by atoms with Gasteiger partial charge in [0.25, 0.3) is 5.91 Å². The molecule has 1 aromatic carbocycles. The summed E-state index contributed by atoms with van der Waals surface area (Å²) in [5, 5.41) is 0. The van der Waals surface area contributed by atoms with Crippen LogP contribution in [0, 0.1) is 0 Å². The molecule has 0 radical (unpaired) electrons. The maximum absolute atomic E-state index is 11.9. The normalized spacial score (nSPS) is 16.7. The van der Waals surface area contributed by atoms with Gasteiger partial charge < -0.3 is 10.6 Å². The summed E-state index contributed by atoms with van der Waals surface area (Å²) in [7, 11) is 1.83. The number of fused-ring (bicyclic) bond motifs is 1. The smallest absolute Gasteiger partial charge is 0.254 e.